The van der Waals surface area contributed by atoms with Crippen LogP contribution in [-0.2, 0) is 12.8 Å². The van der Waals surface area contributed by atoms with Crippen LogP contribution in [0.1, 0.15) is 36.0 Å². The minimum atomic E-state index is 0.556. The lowest BCUT2D eigenvalue weighted by atomic mass is 9.74. The summed E-state index contributed by atoms with van der Waals surface area (Å²) >= 11 is 0. The lowest BCUT2D eigenvalue weighted by Gasteiger charge is -2.33. The molecular formula is C18H22N2. The molecule has 0 fully saturated rings. The Hall–Kier alpha value is -1.67. The zero-order valence-corrected chi connectivity index (χ0v) is 12.0. The van der Waals surface area contributed by atoms with Crippen molar-refractivity contribution in [1.82, 2.24) is 10.3 Å². The first-order chi connectivity index (χ1) is 9.86. The van der Waals surface area contributed by atoms with E-state index in [1.807, 2.05) is 12.4 Å². The number of fused-ring (bicyclic) bond motifs is 1. The van der Waals surface area contributed by atoms with Crippen LogP contribution in [0, 0.1) is 0 Å². The summed E-state index contributed by atoms with van der Waals surface area (Å²) in [6.45, 7) is 3.22. The highest BCUT2D eigenvalue weighted by molar-refractivity contribution is 5.40. The molecule has 2 aromatic rings. The third-order valence-electron chi connectivity index (χ3n) is 4.25. The molecule has 1 aromatic heterocycles. The maximum atomic E-state index is 4.10. The molecule has 0 radical (unpaired) electrons. The fourth-order valence-electron chi connectivity index (χ4n) is 3.25. The number of nitrogens with one attached hydrogen (secondary N) is 1. The smallest absolute Gasteiger partial charge is 0.0270 e. The van der Waals surface area contributed by atoms with Crippen LogP contribution < -0.4 is 5.32 Å². The average Bonchev–Trinajstić information content (AvgIpc) is 2.46. The SMILES string of the molecule is CCNC(Cc1ccncc1)CC1Cc2ccccc21. The molecule has 0 spiro atoms. The van der Waals surface area contributed by atoms with Crippen LogP contribution in [0.4, 0.5) is 0 Å². The molecule has 1 aliphatic carbocycles. The van der Waals surface area contributed by atoms with Gasteiger partial charge in [-0.2, -0.15) is 0 Å². The first-order valence-electron chi connectivity index (χ1n) is 7.57. The van der Waals surface area contributed by atoms with Crippen molar-refractivity contribution in [3.05, 3.63) is 65.5 Å². The molecule has 0 bridgehead atoms. The molecule has 104 valence electrons. The van der Waals surface area contributed by atoms with Crippen molar-refractivity contribution in [1.29, 1.82) is 0 Å². The number of pyridine rings is 1. The van der Waals surface area contributed by atoms with E-state index in [2.05, 4.69) is 53.6 Å². The molecule has 0 saturated carbocycles. The predicted molar refractivity (Wildman–Crippen MR) is 82.9 cm³/mol. The first-order valence-corrected chi connectivity index (χ1v) is 7.57. The molecule has 2 heteroatoms. The van der Waals surface area contributed by atoms with Gasteiger partial charge in [0, 0.05) is 18.4 Å². The second-order valence-corrected chi connectivity index (χ2v) is 5.65. The van der Waals surface area contributed by atoms with Gasteiger partial charge < -0.3 is 5.32 Å². The topological polar surface area (TPSA) is 24.9 Å². The van der Waals surface area contributed by atoms with Crippen LogP contribution in [0.3, 0.4) is 0 Å². The van der Waals surface area contributed by atoms with E-state index in [1.165, 1.54) is 24.0 Å². The van der Waals surface area contributed by atoms with E-state index in [0.717, 1.165) is 18.9 Å². The molecule has 1 aromatic carbocycles. The highest BCUT2D eigenvalue weighted by Gasteiger charge is 2.27. The van der Waals surface area contributed by atoms with Gasteiger partial charge in [-0.25, -0.2) is 0 Å². The highest BCUT2D eigenvalue weighted by atomic mass is 14.9. The van der Waals surface area contributed by atoms with Gasteiger partial charge in [-0.3, -0.25) is 4.98 Å². The van der Waals surface area contributed by atoms with E-state index in [-0.39, 0.29) is 0 Å². The molecule has 1 aliphatic rings. The minimum Gasteiger partial charge on any atom is -0.314 e. The molecule has 0 saturated heterocycles. The van der Waals surface area contributed by atoms with Crippen molar-refractivity contribution in [3.8, 4) is 0 Å². The van der Waals surface area contributed by atoms with Gasteiger partial charge in [-0.05, 0) is 60.5 Å². The third kappa shape index (κ3) is 2.91. The summed E-state index contributed by atoms with van der Waals surface area (Å²) in [7, 11) is 0. The normalized spacial score (nSPS) is 18.1. The fourth-order valence-corrected chi connectivity index (χ4v) is 3.25. The Morgan fingerprint density at radius 2 is 2.00 bits per heavy atom. The number of rotatable bonds is 6. The lowest BCUT2D eigenvalue weighted by molar-refractivity contribution is 0.422. The van der Waals surface area contributed by atoms with E-state index in [4.69, 9.17) is 0 Å². The second-order valence-electron chi connectivity index (χ2n) is 5.65. The second kappa shape index (κ2) is 6.19. The monoisotopic (exact) mass is 266 g/mol. The maximum absolute atomic E-state index is 4.10. The van der Waals surface area contributed by atoms with Gasteiger partial charge in [0.2, 0.25) is 0 Å². The number of nitrogens with zero attached hydrogens (tertiary/aromatic N) is 1. The Labute approximate surface area is 121 Å². The number of aromatic nitrogens is 1. The van der Waals surface area contributed by atoms with Crippen LogP contribution in [0.15, 0.2) is 48.8 Å². The van der Waals surface area contributed by atoms with Crippen LogP contribution in [0.2, 0.25) is 0 Å². The Kier molecular flexibility index (Phi) is 4.12. The quantitative estimate of drug-likeness (QED) is 0.867. The summed E-state index contributed by atoms with van der Waals surface area (Å²) < 4.78 is 0. The van der Waals surface area contributed by atoms with E-state index < -0.39 is 0 Å². The summed E-state index contributed by atoms with van der Waals surface area (Å²) in [5.41, 5.74) is 4.47. The van der Waals surface area contributed by atoms with Gasteiger partial charge in [0.05, 0.1) is 0 Å². The van der Waals surface area contributed by atoms with Gasteiger partial charge in [0.25, 0.3) is 0 Å². The maximum Gasteiger partial charge on any atom is 0.0270 e. The summed E-state index contributed by atoms with van der Waals surface area (Å²) in [4.78, 5) is 4.10. The van der Waals surface area contributed by atoms with Gasteiger partial charge in [-0.15, -0.1) is 0 Å². The van der Waals surface area contributed by atoms with Crippen molar-refractivity contribution in [3.63, 3.8) is 0 Å². The van der Waals surface area contributed by atoms with E-state index in [0.29, 0.717) is 6.04 Å². The average molecular weight is 266 g/mol. The van der Waals surface area contributed by atoms with E-state index in [1.54, 1.807) is 5.56 Å². The van der Waals surface area contributed by atoms with Crippen molar-refractivity contribution >= 4 is 0 Å². The van der Waals surface area contributed by atoms with Crippen molar-refractivity contribution in [2.24, 2.45) is 0 Å². The van der Waals surface area contributed by atoms with Crippen LogP contribution >= 0.6 is 0 Å². The lowest BCUT2D eigenvalue weighted by Crippen LogP contribution is -2.35. The molecule has 1 N–H and O–H groups in total. The summed E-state index contributed by atoms with van der Waals surface area (Å²) in [5, 5.41) is 3.64. The Bertz CT molecular complexity index is 550. The molecule has 1 heterocycles. The number of hydrogen-bond acceptors (Lipinski definition) is 2. The molecule has 2 unspecified atom stereocenters. The summed E-state index contributed by atoms with van der Waals surface area (Å²) in [5.74, 6) is 0.733. The third-order valence-corrected chi connectivity index (χ3v) is 4.25. The standard InChI is InChI=1S/C18H22N2/c1-2-20-17(11-14-7-9-19-10-8-14)13-16-12-15-5-3-4-6-18(15)16/h3-10,16-17,20H,2,11-13H2,1H3. The zero-order chi connectivity index (χ0) is 13.8. The van der Waals surface area contributed by atoms with Crippen LogP contribution in [0.5, 0.6) is 0 Å². The Morgan fingerprint density at radius 1 is 1.20 bits per heavy atom. The fraction of sp³-hybridized carbons (Fsp3) is 0.389. The molecule has 2 atom stereocenters. The summed E-state index contributed by atoms with van der Waals surface area (Å²) in [6, 6.07) is 13.7. The van der Waals surface area contributed by atoms with Crippen molar-refractivity contribution in [2.75, 3.05) is 6.54 Å². The highest BCUT2D eigenvalue weighted by Crippen LogP contribution is 2.38. The van der Waals surface area contributed by atoms with Crippen molar-refractivity contribution < 1.29 is 0 Å². The minimum absolute atomic E-state index is 0.556. The van der Waals surface area contributed by atoms with E-state index >= 15 is 0 Å². The summed E-state index contributed by atoms with van der Waals surface area (Å²) in [6.07, 6.45) is 7.34. The predicted octanol–water partition coefficient (Wildman–Crippen LogP) is 3.33. The Balaban J connectivity index is 1.64. The van der Waals surface area contributed by atoms with Gasteiger partial charge in [0.15, 0.2) is 0 Å². The zero-order valence-electron chi connectivity index (χ0n) is 12.0. The Morgan fingerprint density at radius 3 is 2.75 bits per heavy atom. The van der Waals surface area contributed by atoms with Crippen LogP contribution in [-0.4, -0.2) is 17.6 Å². The molecule has 0 aliphatic heterocycles. The molecule has 2 nitrogen and oxygen atoms in total. The van der Waals surface area contributed by atoms with Crippen LogP contribution in [0.25, 0.3) is 0 Å². The number of hydrogen-bond donors (Lipinski definition) is 1. The van der Waals surface area contributed by atoms with Gasteiger partial charge in [0.1, 0.15) is 0 Å². The van der Waals surface area contributed by atoms with E-state index in [9.17, 15) is 0 Å². The van der Waals surface area contributed by atoms with Gasteiger partial charge >= 0.3 is 0 Å². The molecule has 20 heavy (non-hydrogen) atoms. The molecular weight excluding hydrogens is 244 g/mol. The van der Waals surface area contributed by atoms with Crippen molar-refractivity contribution in [2.45, 2.75) is 38.1 Å². The molecule has 3 rings (SSSR count). The first kappa shape index (κ1) is 13.3. The largest absolute Gasteiger partial charge is 0.314 e. The molecule has 0 amide bonds. The van der Waals surface area contributed by atoms with Gasteiger partial charge in [-0.1, -0.05) is 31.2 Å². The number of benzene rings is 1. The number of likely N-dealkylation sites (N-methyl/N-ethyl adjacent to an activating group) is 1.